The number of hydrogen-bond donors (Lipinski definition) is 1. The smallest absolute Gasteiger partial charge is 0.247 e. The standard InChI is InChI=1S/C25H37N3O4S/c1-20(2)14-16-26-24(30)25(3)19-27(33(31,32)22-12-8-5-9-13-22)18-23(29)28(25)17-15-21-10-6-4-7-11-21/h5,8-10,12-13,20H,4,6-7,11,14-19H2,1-3H3,(H,26,30)/t25-/m0/s1. The van der Waals surface area contributed by atoms with E-state index in [0.717, 1.165) is 30.0 Å². The Morgan fingerprint density at radius 2 is 1.91 bits per heavy atom. The Bertz CT molecular complexity index is 975. The molecule has 3 rings (SSSR count). The highest BCUT2D eigenvalue weighted by atomic mass is 32.2. The van der Waals surface area contributed by atoms with Gasteiger partial charge in [-0.1, -0.05) is 43.7 Å². The van der Waals surface area contributed by atoms with Crippen molar-refractivity contribution in [3.63, 3.8) is 0 Å². The molecule has 182 valence electrons. The average Bonchev–Trinajstić information content (AvgIpc) is 2.79. The third kappa shape index (κ3) is 6.03. The van der Waals surface area contributed by atoms with Gasteiger partial charge in [-0.15, -0.1) is 0 Å². The summed E-state index contributed by atoms with van der Waals surface area (Å²) in [5.41, 5.74) is 0.0413. The first-order valence-corrected chi connectivity index (χ1v) is 13.4. The lowest BCUT2D eigenvalue weighted by atomic mass is 9.92. The number of sulfonamides is 1. The van der Waals surface area contributed by atoms with E-state index < -0.39 is 15.6 Å². The predicted octanol–water partition coefficient (Wildman–Crippen LogP) is 3.33. The molecular formula is C25H37N3O4S. The van der Waals surface area contributed by atoms with Gasteiger partial charge in [0.05, 0.1) is 11.4 Å². The predicted molar refractivity (Wildman–Crippen MR) is 129 cm³/mol. The molecular weight excluding hydrogens is 438 g/mol. The van der Waals surface area contributed by atoms with Crippen LogP contribution in [0.5, 0.6) is 0 Å². The van der Waals surface area contributed by atoms with Crippen LogP contribution in [0.4, 0.5) is 0 Å². The Hall–Kier alpha value is -2.19. The van der Waals surface area contributed by atoms with E-state index in [-0.39, 0.29) is 29.8 Å². The van der Waals surface area contributed by atoms with Crippen LogP contribution in [-0.4, -0.2) is 61.2 Å². The zero-order chi connectivity index (χ0) is 24.1. The zero-order valence-electron chi connectivity index (χ0n) is 20.0. The highest BCUT2D eigenvalue weighted by Gasteiger charge is 2.50. The summed E-state index contributed by atoms with van der Waals surface area (Å²) in [6, 6.07) is 8.08. The van der Waals surface area contributed by atoms with Gasteiger partial charge in [-0.25, -0.2) is 8.42 Å². The number of hydrogen-bond acceptors (Lipinski definition) is 4. The van der Waals surface area contributed by atoms with Crippen LogP contribution in [0.2, 0.25) is 0 Å². The second-order valence-electron chi connectivity index (χ2n) is 9.70. The van der Waals surface area contributed by atoms with Crippen molar-refractivity contribution in [1.29, 1.82) is 0 Å². The molecule has 7 nitrogen and oxygen atoms in total. The van der Waals surface area contributed by atoms with Crippen molar-refractivity contribution in [1.82, 2.24) is 14.5 Å². The van der Waals surface area contributed by atoms with Gasteiger partial charge in [0, 0.05) is 19.6 Å². The van der Waals surface area contributed by atoms with E-state index in [1.165, 1.54) is 24.1 Å². The van der Waals surface area contributed by atoms with Gasteiger partial charge in [-0.2, -0.15) is 4.31 Å². The lowest BCUT2D eigenvalue weighted by Crippen LogP contribution is -2.69. The van der Waals surface area contributed by atoms with Gasteiger partial charge in [-0.05, 0) is 63.5 Å². The maximum absolute atomic E-state index is 13.4. The van der Waals surface area contributed by atoms with E-state index in [1.807, 2.05) is 0 Å². The molecule has 0 saturated carbocycles. The molecule has 1 N–H and O–H groups in total. The molecule has 1 fully saturated rings. The number of piperazine rings is 1. The van der Waals surface area contributed by atoms with Crippen LogP contribution in [0.25, 0.3) is 0 Å². The second-order valence-corrected chi connectivity index (χ2v) is 11.6. The molecule has 0 bridgehead atoms. The molecule has 0 radical (unpaired) electrons. The van der Waals surface area contributed by atoms with Gasteiger partial charge in [0.2, 0.25) is 21.8 Å². The van der Waals surface area contributed by atoms with Crippen molar-refractivity contribution in [2.75, 3.05) is 26.2 Å². The summed E-state index contributed by atoms with van der Waals surface area (Å²) in [6.07, 6.45) is 8.18. The Morgan fingerprint density at radius 1 is 1.18 bits per heavy atom. The van der Waals surface area contributed by atoms with E-state index in [9.17, 15) is 18.0 Å². The normalized spacial score (nSPS) is 22.4. The Morgan fingerprint density at radius 3 is 2.55 bits per heavy atom. The number of allylic oxidation sites excluding steroid dienone is 1. The Labute approximate surface area is 198 Å². The molecule has 0 spiro atoms. The molecule has 0 unspecified atom stereocenters. The van der Waals surface area contributed by atoms with Crippen molar-refractivity contribution in [3.05, 3.63) is 42.0 Å². The molecule has 8 heteroatoms. The van der Waals surface area contributed by atoms with Crippen molar-refractivity contribution in [2.24, 2.45) is 5.92 Å². The number of nitrogens with one attached hydrogen (secondary N) is 1. The number of amides is 2. The van der Waals surface area contributed by atoms with Crippen molar-refractivity contribution >= 4 is 21.8 Å². The fourth-order valence-electron chi connectivity index (χ4n) is 4.53. The first-order valence-electron chi connectivity index (χ1n) is 12.0. The first kappa shape index (κ1) is 25.4. The van der Waals surface area contributed by atoms with Crippen molar-refractivity contribution in [3.8, 4) is 0 Å². The van der Waals surface area contributed by atoms with Gasteiger partial charge < -0.3 is 10.2 Å². The molecule has 2 amide bonds. The largest absolute Gasteiger partial charge is 0.354 e. The van der Waals surface area contributed by atoms with Crippen LogP contribution in [0.1, 0.15) is 59.3 Å². The monoisotopic (exact) mass is 475 g/mol. The van der Waals surface area contributed by atoms with Gasteiger partial charge in [0.1, 0.15) is 5.54 Å². The SMILES string of the molecule is CC(C)CCNC(=O)[C@]1(C)CN(S(=O)(=O)c2ccccc2)CC(=O)N1CCC1=CCCCC1. The van der Waals surface area contributed by atoms with Gasteiger partial charge in [0.25, 0.3) is 0 Å². The molecule has 1 aliphatic carbocycles. The van der Waals surface area contributed by atoms with Crippen molar-refractivity contribution < 1.29 is 18.0 Å². The van der Waals surface area contributed by atoms with Crippen LogP contribution in [-0.2, 0) is 19.6 Å². The van der Waals surface area contributed by atoms with E-state index in [2.05, 4.69) is 25.2 Å². The molecule has 1 atom stereocenters. The summed E-state index contributed by atoms with van der Waals surface area (Å²) in [7, 11) is -3.90. The number of carbonyl (C=O) groups excluding carboxylic acids is 2. The third-order valence-corrected chi connectivity index (χ3v) is 8.42. The van der Waals surface area contributed by atoms with E-state index >= 15 is 0 Å². The van der Waals surface area contributed by atoms with Crippen LogP contribution < -0.4 is 5.32 Å². The van der Waals surface area contributed by atoms with Crippen LogP contribution >= 0.6 is 0 Å². The quantitative estimate of drug-likeness (QED) is 0.555. The number of carbonyl (C=O) groups is 2. The summed E-state index contributed by atoms with van der Waals surface area (Å²) in [5, 5.41) is 2.96. The summed E-state index contributed by atoms with van der Waals surface area (Å²) in [4.78, 5) is 28.4. The molecule has 1 aromatic rings. The van der Waals surface area contributed by atoms with Crippen molar-refractivity contribution in [2.45, 2.75) is 69.7 Å². The molecule has 0 aromatic heterocycles. The average molecular weight is 476 g/mol. The molecule has 1 aromatic carbocycles. The highest BCUT2D eigenvalue weighted by Crippen LogP contribution is 2.29. The fraction of sp³-hybridized carbons (Fsp3) is 0.600. The second kappa shape index (κ2) is 10.8. The lowest BCUT2D eigenvalue weighted by Gasteiger charge is -2.47. The summed E-state index contributed by atoms with van der Waals surface area (Å²) in [5.74, 6) is -0.212. The number of benzene rings is 1. The summed E-state index contributed by atoms with van der Waals surface area (Å²) >= 11 is 0. The molecule has 1 saturated heterocycles. The topological polar surface area (TPSA) is 86.8 Å². The molecule has 1 heterocycles. The molecule has 1 aliphatic heterocycles. The highest BCUT2D eigenvalue weighted by molar-refractivity contribution is 7.89. The van der Waals surface area contributed by atoms with Crippen LogP contribution in [0.3, 0.4) is 0 Å². The van der Waals surface area contributed by atoms with Crippen LogP contribution in [0, 0.1) is 5.92 Å². The minimum absolute atomic E-state index is 0.0669. The van der Waals surface area contributed by atoms with Gasteiger partial charge in [-0.3, -0.25) is 9.59 Å². The maximum atomic E-state index is 13.4. The third-order valence-electron chi connectivity index (χ3n) is 6.61. The van der Waals surface area contributed by atoms with E-state index in [0.29, 0.717) is 25.4 Å². The zero-order valence-corrected chi connectivity index (χ0v) is 20.9. The number of nitrogens with zero attached hydrogens (tertiary/aromatic N) is 2. The summed E-state index contributed by atoms with van der Waals surface area (Å²) in [6.45, 7) is 6.43. The first-order chi connectivity index (χ1) is 15.6. The Balaban J connectivity index is 1.85. The van der Waals surface area contributed by atoms with Gasteiger partial charge in [0.15, 0.2) is 0 Å². The Kier molecular flexibility index (Phi) is 8.34. The molecule has 33 heavy (non-hydrogen) atoms. The van der Waals surface area contributed by atoms with Gasteiger partial charge >= 0.3 is 0 Å². The summed E-state index contributed by atoms with van der Waals surface area (Å²) < 4.78 is 27.7. The maximum Gasteiger partial charge on any atom is 0.247 e. The van der Waals surface area contributed by atoms with Crippen LogP contribution in [0.15, 0.2) is 46.9 Å². The van der Waals surface area contributed by atoms with E-state index in [4.69, 9.17) is 0 Å². The van der Waals surface area contributed by atoms with E-state index in [1.54, 1.807) is 30.0 Å². The minimum Gasteiger partial charge on any atom is -0.354 e. The lowest BCUT2D eigenvalue weighted by molar-refractivity contribution is -0.152. The minimum atomic E-state index is -3.90. The fourth-order valence-corrected chi connectivity index (χ4v) is 6.03. The molecule has 2 aliphatic rings. The number of rotatable bonds is 9.